The van der Waals surface area contributed by atoms with E-state index in [1.54, 1.807) is 13.2 Å². The van der Waals surface area contributed by atoms with Crippen molar-refractivity contribution in [2.45, 2.75) is 19.5 Å². The molecule has 5 heteroatoms. The van der Waals surface area contributed by atoms with Crippen LogP contribution in [0.1, 0.15) is 33.1 Å². The number of ether oxygens (including phenoxy) is 1. The van der Waals surface area contributed by atoms with Gasteiger partial charge in [-0.1, -0.05) is 18.2 Å². The largest absolute Gasteiger partial charge is 0.496 e. The van der Waals surface area contributed by atoms with Gasteiger partial charge in [0.15, 0.2) is 0 Å². The molecule has 106 valence electrons. The standard InChI is InChI=1S/C15H17NO3S/c1-10(12-5-3-4-6-13(12)19-2)16-9-11-7-8-14(20-11)15(17)18/h3-8,10,16H,9H2,1-2H3,(H,17,18)/t10-/m0/s1. The summed E-state index contributed by atoms with van der Waals surface area (Å²) in [6.07, 6.45) is 0. The molecular formula is C15H17NO3S. The van der Waals surface area contributed by atoms with E-state index in [0.717, 1.165) is 16.2 Å². The summed E-state index contributed by atoms with van der Waals surface area (Å²) in [5.74, 6) is -0.0241. The first-order valence-electron chi connectivity index (χ1n) is 6.30. The zero-order chi connectivity index (χ0) is 14.5. The van der Waals surface area contributed by atoms with Crippen molar-refractivity contribution in [3.63, 3.8) is 0 Å². The fourth-order valence-corrected chi connectivity index (χ4v) is 2.77. The van der Waals surface area contributed by atoms with Crippen LogP contribution in [-0.2, 0) is 6.54 Å². The number of benzene rings is 1. The SMILES string of the molecule is COc1ccccc1[C@H](C)NCc1ccc(C(=O)O)s1. The van der Waals surface area contributed by atoms with Crippen LogP contribution < -0.4 is 10.1 Å². The van der Waals surface area contributed by atoms with Gasteiger partial charge < -0.3 is 15.2 Å². The van der Waals surface area contributed by atoms with E-state index in [1.807, 2.05) is 30.3 Å². The molecule has 0 spiro atoms. The van der Waals surface area contributed by atoms with Gasteiger partial charge in [-0.2, -0.15) is 0 Å². The van der Waals surface area contributed by atoms with Crippen LogP contribution in [0.15, 0.2) is 36.4 Å². The van der Waals surface area contributed by atoms with Crippen molar-refractivity contribution in [1.82, 2.24) is 5.32 Å². The summed E-state index contributed by atoms with van der Waals surface area (Å²) in [6.45, 7) is 2.70. The summed E-state index contributed by atoms with van der Waals surface area (Å²) in [6, 6.07) is 11.5. The van der Waals surface area contributed by atoms with Crippen LogP contribution in [0.3, 0.4) is 0 Å². The molecule has 0 amide bonds. The Balaban J connectivity index is 2.00. The number of carbonyl (C=O) groups is 1. The van der Waals surface area contributed by atoms with Gasteiger partial charge in [0.05, 0.1) is 7.11 Å². The lowest BCUT2D eigenvalue weighted by Gasteiger charge is -2.16. The van der Waals surface area contributed by atoms with Gasteiger partial charge >= 0.3 is 5.97 Å². The van der Waals surface area contributed by atoms with Gasteiger partial charge in [-0.25, -0.2) is 4.79 Å². The van der Waals surface area contributed by atoms with E-state index in [9.17, 15) is 4.79 Å². The Bertz CT molecular complexity index is 594. The molecule has 20 heavy (non-hydrogen) atoms. The molecule has 0 radical (unpaired) electrons. The molecule has 1 aromatic carbocycles. The minimum atomic E-state index is -0.876. The van der Waals surface area contributed by atoms with Crippen molar-refractivity contribution >= 4 is 17.3 Å². The summed E-state index contributed by atoms with van der Waals surface area (Å²) >= 11 is 1.29. The summed E-state index contributed by atoms with van der Waals surface area (Å²) in [5.41, 5.74) is 1.09. The first kappa shape index (κ1) is 14.6. The first-order valence-corrected chi connectivity index (χ1v) is 7.11. The molecule has 0 unspecified atom stereocenters. The van der Waals surface area contributed by atoms with Crippen LogP contribution in [0, 0.1) is 0 Å². The average molecular weight is 291 g/mol. The highest BCUT2D eigenvalue weighted by Gasteiger charge is 2.11. The number of carboxylic acid groups (broad SMARTS) is 1. The number of hydrogen-bond donors (Lipinski definition) is 2. The molecule has 0 fully saturated rings. The quantitative estimate of drug-likeness (QED) is 0.857. The lowest BCUT2D eigenvalue weighted by molar-refractivity contribution is 0.0702. The van der Waals surface area contributed by atoms with E-state index in [0.29, 0.717) is 11.4 Å². The topological polar surface area (TPSA) is 58.6 Å². The average Bonchev–Trinajstić information content (AvgIpc) is 2.94. The lowest BCUT2D eigenvalue weighted by Crippen LogP contribution is -2.18. The van der Waals surface area contributed by atoms with Gasteiger partial charge in [0.2, 0.25) is 0 Å². The highest BCUT2D eigenvalue weighted by molar-refractivity contribution is 7.13. The molecule has 0 aliphatic rings. The number of thiophene rings is 1. The zero-order valence-corrected chi connectivity index (χ0v) is 12.2. The maximum atomic E-state index is 10.8. The minimum absolute atomic E-state index is 0.126. The first-order chi connectivity index (χ1) is 9.61. The van der Waals surface area contributed by atoms with Crippen LogP contribution in [0.2, 0.25) is 0 Å². The minimum Gasteiger partial charge on any atom is -0.496 e. The molecule has 1 atom stereocenters. The van der Waals surface area contributed by atoms with E-state index < -0.39 is 5.97 Å². The summed E-state index contributed by atoms with van der Waals surface area (Å²) in [5, 5.41) is 12.3. The van der Waals surface area contributed by atoms with Crippen molar-refractivity contribution in [1.29, 1.82) is 0 Å². The molecule has 2 N–H and O–H groups in total. The maximum Gasteiger partial charge on any atom is 0.345 e. The van der Waals surface area contributed by atoms with Crippen LogP contribution in [-0.4, -0.2) is 18.2 Å². The molecule has 0 bridgehead atoms. The number of para-hydroxylation sites is 1. The van der Waals surface area contributed by atoms with Gasteiger partial charge in [-0.3, -0.25) is 0 Å². The summed E-state index contributed by atoms with van der Waals surface area (Å²) in [7, 11) is 1.66. The predicted octanol–water partition coefficient (Wildman–Crippen LogP) is 3.31. The van der Waals surface area contributed by atoms with Crippen molar-refractivity contribution < 1.29 is 14.6 Å². The monoisotopic (exact) mass is 291 g/mol. The van der Waals surface area contributed by atoms with Crippen LogP contribution >= 0.6 is 11.3 Å². The van der Waals surface area contributed by atoms with E-state index in [4.69, 9.17) is 9.84 Å². The van der Waals surface area contributed by atoms with Gasteiger partial charge in [0.25, 0.3) is 0 Å². The number of hydrogen-bond acceptors (Lipinski definition) is 4. The fourth-order valence-electron chi connectivity index (χ4n) is 1.98. The third kappa shape index (κ3) is 3.37. The molecule has 0 aliphatic carbocycles. The van der Waals surface area contributed by atoms with Gasteiger partial charge in [-0.05, 0) is 25.1 Å². The second-order valence-corrected chi connectivity index (χ2v) is 5.58. The Hall–Kier alpha value is -1.85. The molecule has 2 aromatic rings. The number of nitrogens with one attached hydrogen (secondary N) is 1. The molecule has 0 saturated heterocycles. The Morgan fingerprint density at radius 1 is 1.35 bits per heavy atom. The second-order valence-electron chi connectivity index (χ2n) is 4.42. The maximum absolute atomic E-state index is 10.8. The second kappa shape index (κ2) is 6.54. The van der Waals surface area contributed by atoms with E-state index in [2.05, 4.69) is 12.2 Å². The third-order valence-electron chi connectivity index (χ3n) is 3.06. The van der Waals surface area contributed by atoms with E-state index >= 15 is 0 Å². The summed E-state index contributed by atoms with van der Waals surface area (Å²) < 4.78 is 5.34. The fraction of sp³-hybridized carbons (Fsp3) is 0.267. The number of carboxylic acids is 1. The molecule has 0 saturated carbocycles. The highest BCUT2D eigenvalue weighted by atomic mass is 32.1. The molecule has 4 nitrogen and oxygen atoms in total. The number of rotatable bonds is 6. The highest BCUT2D eigenvalue weighted by Crippen LogP contribution is 2.25. The molecule has 1 heterocycles. The van der Waals surface area contributed by atoms with Gasteiger partial charge in [0.1, 0.15) is 10.6 Å². The van der Waals surface area contributed by atoms with E-state index in [-0.39, 0.29) is 6.04 Å². The van der Waals surface area contributed by atoms with Crippen molar-refractivity contribution in [3.05, 3.63) is 51.7 Å². The normalized spacial score (nSPS) is 12.1. The Kier molecular flexibility index (Phi) is 4.76. The smallest absolute Gasteiger partial charge is 0.345 e. The Morgan fingerprint density at radius 3 is 2.75 bits per heavy atom. The van der Waals surface area contributed by atoms with Crippen LogP contribution in [0.25, 0.3) is 0 Å². The predicted molar refractivity (Wildman–Crippen MR) is 79.5 cm³/mol. The van der Waals surface area contributed by atoms with Gasteiger partial charge in [0, 0.05) is 23.0 Å². The van der Waals surface area contributed by atoms with Crippen LogP contribution in [0.4, 0.5) is 0 Å². The molecular weight excluding hydrogens is 274 g/mol. The Labute approximate surface area is 122 Å². The lowest BCUT2D eigenvalue weighted by atomic mass is 10.1. The molecule has 1 aromatic heterocycles. The van der Waals surface area contributed by atoms with Crippen molar-refractivity contribution in [2.24, 2.45) is 0 Å². The Morgan fingerprint density at radius 2 is 2.10 bits per heavy atom. The van der Waals surface area contributed by atoms with Crippen LogP contribution in [0.5, 0.6) is 5.75 Å². The summed E-state index contributed by atoms with van der Waals surface area (Å²) in [4.78, 5) is 12.2. The van der Waals surface area contributed by atoms with Gasteiger partial charge in [-0.15, -0.1) is 11.3 Å². The van der Waals surface area contributed by atoms with Crippen molar-refractivity contribution in [3.8, 4) is 5.75 Å². The molecule has 0 aliphatic heterocycles. The molecule has 2 rings (SSSR count). The van der Waals surface area contributed by atoms with E-state index in [1.165, 1.54) is 11.3 Å². The zero-order valence-electron chi connectivity index (χ0n) is 11.4. The number of methoxy groups -OCH3 is 1. The van der Waals surface area contributed by atoms with Crippen molar-refractivity contribution in [2.75, 3.05) is 7.11 Å². The number of aromatic carboxylic acids is 1. The third-order valence-corrected chi connectivity index (χ3v) is 4.13.